The third kappa shape index (κ3) is 2.94. The van der Waals surface area contributed by atoms with Gasteiger partial charge in [-0.25, -0.2) is 8.42 Å². The van der Waals surface area contributed by atoms with Crippen molar-refractivity contribution in [1.29, 1.82) is 0 Å². The first kappa shape index (κ1) is 14.0. The van der Waals surface area contributed by atoms with E-state index in [4.69, 9.17) is 5.73 Å². The van der Waals surface area contributed by atoms with Gasteiger partial charge in [-0.1, -0.05) is 18.2 Å². The number of nitrogens with zero attached hydrogens (tertiary/aromatic N) is 2. The Hall–Kier alpha value is -1.44. The zero-order valence-corrected chi connectivity index (χ0v) is 11.3. The molecule has 1 fully saturated rings. The van der Waals surface area contributed by atoms with Gasteiger partial charge in [-0.3, -0.25) is 4.79 Å². The number of nitrogens with two attached hydrogens (primary N) is 1. The monoisotopic (exact) mass is 283 g/mol. The van der Waals surface area contributed by atoms with Gasteiger partial charge >= 0.3 is 0 Å². The van der Waals surface area contributed by atoms with Crippen LogP contribution < -0.4 is 5.73 Å². The summed E-state index contributed by atoms with van der Waals surface area (Å²) in [7, 11) is -3.45. The summed E-state index contributed by atoms with van der Waals surface area (Å²) in [6.45, 7) is 1.36. The largest absolute Gasteiger partial charge is 0.339 e. The Balaban J connectivity index is 2.08. The Kier molecular flexibility index (Phi) is 4.18. The van der Waals surface area contributed by atoms with Crippen molar-refractivity contribution in [3.8, 4) is 0 Å². The lowest BCUT2D eigenvalue weighted by Crippen LogP contribution is -2.51. The van der Waals surface area contributed by atoms with Crippen molar-refractivity contribution in [2.24, 2.45) is 5.73 Å². The standard InChI is InChI=1S/C12H17N3O3S/c13-10-12(16)14-6-8-15(9-7-14)19(17,18)11-4-2-1-3-5-11/h1-5H,6-10,13H2. The average molecular weight is 283 g/mol. The normalized spacial score (nSPS) is 17.4. The molecule has 0 aromatic heterocycles. The van der Waals surface area contributed by atoms with Crippen LogP contribution in [0.1, 0.15) is 0 Å². The molecule has 0 unspecified atom stereocenters. The highest BCUT2D eigenvalue weighted by atomic mass is 32.2. The lowest BCUT2D eigenvalue weighted by atomic mass is 10.3. The molecule has 1 aromatic carbocycles. The minimum atomic E-state index is -3.45. The second-order valence-corrected chi connectivity index (χ2v) is 6.24. The van der Waals surface area contributed by atoms with E-state index in [-0.39, 0.29) is 17.3 Å². The van der Waals surface area contributed by atoms with Gasteiger partial charge in [-0.05, 0) is 12.1 Å². The highest BCUT2D eigenvalue weighted by molar-refractivity contribution is 7.89. The molecule has 1 heterocycles. The first-order chi connectivity index (χ1) is 9.05. The first-order valence-electron chi connectivity index (χ1n) is 6.09. The minimum Gasteiger partial charge on any atom is -0.339 e. The van der Waals surface area contributed by atoms with E-state index in [1.165, 1.54) is 4.31 Å². The number of amides is 1. The summed E-state index contributed by atoms with van der Waals surface area (Å²) in [6, 6.07) is 8.32. The Bertz CT molecular complexity index is 537. The van der Waals surface area contributed by atoms with Gasteiger partial charge in [0.25, 0.3) is 0 Å². The topological polar surface area (TPSA) is 83.7 Å². The summed E-state index contributed by atoms with van der Waals surface area (Å²) >= 11 is 0. The molecule has 7 heteroatoms. The molecule has 1 aliphatic rings. The van der Waals surface area contributed by atoms with E-state index in [1.807, 2.05) is 0 Å². The number of hydrogen-bond donors (Lipinski definition) is 1. The van der Waals surface area contributed by atoms with E-state index in [0.717, 1.165) is 0 Å². The Labute approximate surface area is 112 Å². The minimum absolute atomic E-state index is 0.0363. The molecule has 0 saturated carbocycles. The van der Waals surface area contributed by atoms with Crippen molar-refractivity contribution in [3.05, 3.63) is 30.3 Å². The third-order valence-electron chi connectivity index (χ3n) is 3.15. The molecule has 0 atom stereocenters. The van der Waals surface area contributed by atoms with Crippen molar-refractivity contribution in [3.63, 3.8) is 0 Å². The fourth-order valence-electron chi connectivity index (χ4n) is 2.05. The number of carbonyl (C=O) groups is 1. The molecule has 1 amide bonds. The third-order valence-corrected chi connectivity index (χ3v) is 5.06. The second-order valence-electron chi connectivity index (χ2n) is 4.30. The maximum Gasteiger partial charge on any atom is 0.243 e. The van der Waals surface area contributed by atoms with Crippen LogP contribution in [-0.4, -0.2) is 56.3 Å². The lowest BCUT2D eigenvalue weighted by Gasteiger charge is -2.33. The summed E-state index contributed by atoms with van der Waals surface area (Å²) in [5, 5.41) is 0. The van der Waals surface area contributed by atoms with Crippen LogP contribution in [0.3, 0.4) is 0 Å². The van der Waals surface area contributed by atoms with E-state index in [9.17, 15) is 13.2 Å². The van der Waals surface area contributed by atoms with E-state index in [0.29, 0.717) is 26.2 Å². The second kappa shape index (κ2) is 5.68. The molecule has 2 N–H and O–H groups in total. The van der Waals surface area contributed by atoms with Gasteiger partial charge in [0.2, 0.25) is 15.9 Å². The Morgan fingerprint density at radius 3 is 2.21 bits per heavy atom. The molecule has 2 rings (SSSR count). The molecule has 104 valence electrons. The predicted octanol–water partition coefficient (Wildman–Crippen LogP) is -0.522. The van der Waals surface area contributed by atoms with Gasteiger partial charge in [-0.15, -0.1) is 0 Å². The number of piperazine rings is 1. The van der Waals surface area contributed by atoms with Gasteiger partial charge in [-0.2, -0.15) is 4.31 Å². The van der Waals surface area contributed by atoms with Crippen molar-refractivity contribution in [2.45, 2.75) is 4.90 Å². The predicted molar refractivity (Wildman–Crippen MR) is 70.8 cm³/mol. The van der Waals surface area contributed by atoms with Gasteiger partial charge in [0.1, 0.15) is 0 Å². The Morgan fingerprint density at radius 1 is 1.11 bits per heavy atom. The van der Waals surface area contributed by atoms with Crippen LogP contribution in [0, 0.1) is 0 Å². The molecule has 1 aromatic rings. The molecular weight excluding hydrogens is 266 g/mol. The number of hydrogen-bond acceptors (Lipinski definition) is 4. The van der Waals surface area contributed by atoms with Crippen LogP contribution in [0.25, 0.3) is 0 Å². The zero-order valence-electron chi connectivity index (χ0n) is 10.5. The highest BCUT2D eigenvalue weighted by Gasteiger charge is 2.29. The molecular formula is C12H17N3O3S. The maximum absolute atomic E-state index is 12.3. The lowest BCUT2D eigenvalue weighted by molar-refractivity contribution is -0.130. The van der Waals surface area contributed by atoms with Gasteiger partial charge < -0.3 is 10.6 Å². The van der Waals surface area contributed by atoms with E-state index < -0.39 is 10.0 Å². The van der Waals surface area contributed by atoms with Crippen LogP contribution in [0.4, 0.5) is 0 Å². The summed E-state index contributed by atoms with van der Waals surface area (Å²) in [5.41, 5.74) is 5.29. The summed E-state index contributed by atoms with van der Waals surface area (Å²) in [4.78, 5) is 13.3. The molecule has 1 aliphatic heterocycles. The molecule has 0 bridgehead atoms. The molecule has 0 radical (unpaired) electrons. The van der Waals surface area contributed by atoms with E-state index in [2.05, 4.69) is 0 Å². The van der Waals surface area contributed by atoms with Crippen LogP contribution in [0.15, 0.2) is 35.2 Å². The first-order valence-corrected chi connectivity index (χ1v) is 7.53. The highest BCUT2D eigenvalue weighted by Crippen LogP contribution is 2.16. The van der Waals surface area contributed by atoms with Crippen molar-refractivity contribution in [2.75, 3.05) is 32.7 Å². The fourth-order valence-corrected chi connectivity index (χ4v) is 3.49. The van der Waals surface area contributed by atoms with Crippen molar-refractivity contribution in [1.82, 2.24) is 9.21 Å². The van der Waals surface area contributed by atoms with Crippen LogP contribution in [-0.2, 0) is 14.8 Å². The van der Waals surface area contributed by atoms with Crippen LogP contribution in [0.5, 0.6) is 0 Å². The average Bonchev–Trinajstić information content (AvgIpc) is 2.47. The molecule has 0 spiro atoms. The fraction of sp³-hybridized carbons (Fsp3) is 0.417. The molecule has 0 aliphatic carbocycles. The summed E-state index contributed by atoms with van der Waals surface area (Å²) < 4.78 is 26.1. The molecule has 19 heavy (non-hydrogen) atoms. The summed E-state index contributed by atoms with van der Waals surface area (Å²) in [6.07, 6.45) is 0. The number of rotatable bonds is 3. The van der Waals surface area contributed by atoms with Crippen LogP contribution in [0.2, 0.25) is 0 Å². The summed E-state index contributed by atoms with van der Waals surface area (Å²) in [5.74, 6) is -0.142. The molecule has 1 saturated heterocycles. The quantitative estimate of drug-likeness (QED) is 0.809. The van der Waals surface area contributed by atoms with Gasteiger partial charge in [0.15, 0.2) is 0 Å². The van der Waals surface area contributed by atoms with Gasteiger partial charge in [0.05, 0.1) is 11.4 Å². The van der Waals surface area contributed by atoms with Crippen LogP contribution >= 0.6 is 0 Å². The molecule has 6 nitrogen and oxygen atoms in total. The zero-order chi connectivity index (χ0) is 13.9. The van der Waals surface area contributed by atoms with Crippen molar-refractivity contribution < 1.29 is 13.2 Å². The van der Waals surface area contributed by atoms with Gasteiger partial charge in [0, 0.05) is 26.2 Å². The SMILES string of the molecule is NCC(=O)N1CCN(S(=O)(=O)c2ccccc2)CC1. The van der Waals surface area contributed by atoms with E-state index in [1.54, 1.807) is 35.2 Å². The van der Waals surface area contributed by atoms with E-state index >= 15 is 0 Å². The number of carbonyl (C=O) groups excluding carboxylic acids is 1. The smallest absolute Gasteiger partial charge is 0.243 e. The number of sulfonamides is 1. The maximum atomic E-state index is 12.3. The number of benzene rings is 1. The Morgan fingerprint density at radius 2 is 1.68 bits per heavy atom. The van der Waals surface area contributed by atoms with Crippen molar-refractivity contribution >= 4 is 15.9 Å².